The van der Waals surface area contributed by atoms with Gasteiger partial charge in [0.05, 0.1) is 5.54 Å². The Labute approximate surface area is 124 Å². The lowest BCUT2D eigenvalue weighted by molar-refractivity contribution is 0.170. The summed E-state index contributed by atoms with van der Waals surface area (Å²) in [7, 11) is 0. The number of hydrogen-bond donors (Lipinski definition) is 1. The summed E-state index contributed by atoms with van der Waals surface area (Å²) in [5.74, 6) is 3.18. The summed E-state index contributed by atoms with van der Waals surface area (Å²) < 4.78 is 11.9. The Kier molecular flexibility index (Phi) is 2.89. The van der Waals surface area contributed by atoms with Crippen molar-refractivity contribution >= 4 is 0 Å². The quantitative estimate of drug-likeness (QED) is 0.910. The lowest BCUT2D eigenvalue weighted by Crippen LogP contribution is -2.48. The van der Waals surface area contributed by atoms with E-state index in [4.69, 9.17) is 9.47 Å². The van der Waals surface area contributed by atoms with Crippen LogP contribution in [-0.4, -0.2) is 18.7 Å². The molecule has 3 nitrogen and oxygen atoms in total. The summed E-state index contributed by atoms with van der Waals surface area (Å²) in [5.41, 5.74) is 1.38. The van der Waals surface area contributed by atoms with Crippen molar-refractivity contribution in [2.75, 3.05) is 13.2 Å². The fourth-order valence-corrected chi connectivity index (χ4v) is 3.44. The molecule has 0 amide bonds. The van der Waals surface area contributed by atoms with Crippen LogP contribution in [0.4, 0.5) is 0 Å². The molecule has 0 saturated carbocycles. The first-order valence-electron chi connectivity index (χ1n) is 7.49. The highest BCUT2D eigenvalue weighted by Crippen LogP contribution is 2.45. The number of hydrogen-bond acceptors (Lipinski definition) is 3. The average Bonchev–Trinajstić information content (AvgIpc) is 2.90. The molecule has 0 bridgehead atoms. The summed E-state index contributed by atoms with van der Waals surface area (Å²) in [6, 6.07) is 16.1. The van der Waals surface area contributed by atoms with Crippen molar-refractivity contribution in [2.45, 2.75) is 24.8 Å². The largest absolute Gasteiger partial charge is 0.491 e. The minimum Gasteiger partial charge on any atom is -0.491 e. The molecule has 0 aliphatic carbocycles. The molecule has 108 valence electrons. The van der Waals surface area contributed by atoms with Crippen LogP contribution < -0.4 is 14.8 Å². The van der Waals surface area contributed by atoms with Crippen LogP contribution in [0.3, 0.4) is 0 Å². The first-order valence-corrected chi connectivity index (χ1v) is 7.49. The molecule has 0 unspecified atom stereocenters. The van der Waals surface area contributed by atoms with Crippen LogP contribution in [0, 0.1) is 0 Å². The molecule has 1 saturated heterocycles. The number of fused-ring (bicyclic) bond motifs is 3. The van der Waals surface area contributed by atoms with Gasteiger partial charge in [0.1, 0.15) is 23.9 Å². The average molecular weight is 281 g/mol. The summed E-state index contributed by atoms with van der Waals surface area (Å²) in [6.45, 7) is 4.04. The van der Waals surface area contributed by atoms with Gasteiger partial charge in [0.15, 0.2) is 0 Å². The second-order valence-corrected chi connectivity index (χ2v) is 6.09. The zero-order valence-electron chi connectivity index (χ0n) is 12.1. The second kappa shape index (κ2) is 4.78. The molecule has 2 aromatic rings. The maximum atomic E-state index is 5.98. The standard InChI is InChI=1S/C18H19NO2/c1-18-12-20-17-11-14(21-13-5-3-2-4-6-13)7-8-15(17)16(18)9-10-19-18/h2-8,11,16,19H,9-10,12H2,1H3/t16-,18+/m0/s1. The monoisotopic (exact) mass is 281 g/mol. The van der Waals surface area contributed by atoms with Crippen LogP contribution in [0.5, 0.6) is 17.2 Å². The third kappa shape index (κ3) is 2.18. The Morgan fingerprint density at radius 2 is 2.00 bits per heavy atom. The maximum absolute atomic E-state index is 5.98. The van der Waals surface area contributed by atoms with E-state index in [-0.39, 0.29) is 5.54 Å². The lowest BCUT2D eigenvalue weighted by Gasteiger charge is -2.37. The minimum absolute atomic E-state index is 0.0782. The van der Waals surface area contributed by atoms with E-state index in [0.717, 1.165) is 30.4 Å². The Morgan fingerprint density at radius 3 is 2.86 bits per heavy atom. The number of ether oxygens (including phenoxy) is 2. The summed E-state index contributed by atoms with van der Waals surface area (Å²) in [6.07, 6.45) is 1.17. The summed E-state index contributed by atoms with van der Waals surface area (Å²) >= 11 is 0. The van der Waals surface area contributed by atoms with Gasteiger partial charge in [-0.15, -0.1) is 0 Å². The van der Waals surface area contributed by atoms with Crippen LogP contribution in [0.25, 0.3) is 0 Å². The van der Waals surface area contributed by atoms with E-state index in [2.05, 4.69) is 18.3 Å². The summed E-state index contributed by atoms with van der Waals surface area (Å²) in [5, 5.41) is 3.57. The lowest BCUT2D eigenvalue weighted by atomic mass is 9.80. The first-order chi connectivity index (χ1) is 10.2. The molecule has 0 spiro atoms. The van der Waals surface area contributed by atoms with Gasteiger partial charge in [0, 0.05) is 12.0 Å². The number of para-hydroxylation sites is 1. The van der Waals surface area contributed by atoms with Gasteiger partial charge in [-0.1, -0.05) is 24.3 Å². The zero-order valence-corrected chi connectivity index (χ0v) is 12.1. The van der Waals surface area contributed by atoms with Crippen molar-refractivity contribution in [3.63, 3.8) is 0 Å². The molecule has 1 N–H and O–H groups in total. The van der Waals surface area contributed by atoms with E-state index in [1.165, 1.54) is 12.0 Å². The number of rotatable bonds is 2. The molecule has 0 aromatic heterocycles. The fraction of sp³-hybridized carbons (Fsp3) is 0.333. The molecule has 3 heteroatoms. The predicted octanol–water partition coefficient (Wildman–Crippen LogP) is 3.71. The van der Waals surface area contributed by atoms with Crippen LogP contribution in [0.1, 0.15) is 24.8 Å². The normalized spacial score (nSPS) is 26.6. The van der Waals surface area contributed by atoms with Crippen molar-refractivity contribution in [1.29, 1.82) is 0 Å². The van der Waals surface area contributed by atoms with Crippen LogP contribution in [0.2, 0.25) is 0 Å². The van der Waals surface area contributed by atoms with E-state index in [1.54, 1.807) is 0 Å². The zero-order chi connectivity index (χ0) is 14.3. The van der Waals surface area contributed by atoms with Gasteiger partial charge in [0.25, 0.3) is 0 Å². The molecule has 21 heavy (non-hydrogen) atoms. The van der Waals surface area contributed by atoms with Crippen LogP contribution in [-0.2, 0) is 0 Å². The Balaban J connectivity index is 1.64. The predicted molar refractivity (Wildman–Crippen MR) is 82.2 cm³/mol. The van der Waals surface area contributed by atoms with Gasteiger partial charge in [-0.2, -0.15) is 0 Å². The van der Waals surface area contributed by atoms with Crippen molar-refractivity contribution in [3.05, 3.63) is 54.1 Å². The molecular formula is C18H19NO2. The van der Waals surface area contributed by atoms with E-state index >= 15 is 0 Å². The van der Waals surface area contributed by atoms with Gasteiger partial charge in [0.2, 0.25) is 0 Å². The molecule has 4 rings (SSSR count). The van der Waals surface area contributed by atoms with E-state index < -0.39 is 0 Å². The van der Waals surface area contributed by atoms with Gasteiger partial charge < -0.3 is 14.8 Å². The SMILES string of the molecule is C[C@@]12COc3cc(Oc4ccccc4)ccc3[C@@H]1CCN2. The Bertz CT molecular complexity index is 656. The van der Waals surface area contributed by atoms with E-state index in [1.807, 2.05) is 42.5 Å². The van der Waals surface area contributed by atoms with E-state index in [0.29, 0.717) is 5.92 Å². The third-order valence-corrected chi connectivity index (χ3v) is 4.60. The smallest absolute Gasteiger partial charge is 0.131 e. The van der Waals surface area contributed by atoms with E-state index in [9.17, 15) is 0 Å². The van der Waals surface area contributed by atoms with Crippen molar-refractivity contribution in [3.8, 4) is 17.2 Å². The molecule has 1 fully saturated rings. The molecule has 2 aliphatic heterocycles. The number of benzene rings is 2. The Hall–Kier alpha value is -2.00. The van der Waals surface area contributed by atoms with Crippen molar-refractivity contribution in [1.82, 2.24) is 5.32 Å². The van der Waals surface area contributed by atoms with Gasteiger partial charge in [-0.25, -0.2) is 0 Å². The Morgan fingerprint density at radius 1 is 1.14 bits per heavy atom. The van der Waals surface area contributed by atoms with Crippen molar-refractivity contribution in [2.24, 2.45) is 0 Å². The highest BCUT2D eigenvalue weighted by Gasteiger charge is 2.44. The second-order valence-electron chi connectivity index (χ2n) is 6.09. The number of nitrogens with one attached hydrogen (secondary N) is 1. The van der Waals surface area contributed by atoms with Crippen LogP contribution in [0.15, 0.2) is 48.5 Å². The maximum Gasteiger partial charge on any atom is 0.131 e. The molecular weight excluding hydrogens is 262 g/mol. The molecule has 2 aliphatic rings. The van der Waals surface area contributed by atoms with Crippen molar-refractivity contribution < 1.29 is 9.47 Å². The summed E-state index contributed by atoms with van der Waals surface area (Å²) in [4.78, 5) is 0. The molecule has 0 radical (unpaired) electrons. The third-order valence-electron chi connectivity index (χ3n) is 4.60. The highest BCUT2D eigenvalue weighted by molar-refractivity contribution is 5.47. The fourth-order valence-electron chi connectivity index (χ4n) is 3.44. The molecule has 2 heterocycles. The van der Waals surface area contributed by atoms with Gasteiger partial charge in [-0.3, -0.25) is 0 Å². The topological polar surface area (TPSA) is 30.5 Å². The molecule has 2 atom stereocenters. The van der Waals surface area contributed by atoms with Gasteiger partial charge >= 0.3 is 0 Å². The van der Waals surface area contributed by atoms with Crippen LogP contribution >= 0.6 is 0 Å². The molecule has 2 aromatic carbocycles. The first kappa shape index (κ1) is 12.7. The highest BCUT2D eigenvalue weighted by atomic mass is 16.5. The minimum atomic E-state index is 0.0782. The van der Waals surface area contributed by atoms with Gasteiger partial charge in [-0.05, 0) is 43.7 Å².